The number of carbonyl (C=O) groups excluding carboxylic acids is 2. The van der Waals surface area contributed by atoms with Crippen LogP contribution in [0.15, 0.2) is 97.1 Å². The normalized spacial score (nSPS) is 11.2. The summed E-state index contributed by atoms with van der Waals surface area (Å²) in [5.74, 6) is 0.119. The Kier molecular flexibility index (Phi) is 10.7. The van der Waals surface area contributed by atoms with Crippen LogP contribution in [0.4, 0.5) is 0 Å². The summed E-state index contributed by atoms with van der Waals surface area (Å²) in [4.78, 5) is 36.9. The van der Waals surface area contributed by atoms with E-state index in [4.69, 9.17) is 19.3 Å². The van der Waals surface area contributed by atoms with E-state index in [1.54, 1.807) is 32.4 Å². The van der Waals surface area contributed by atoms with Crippen LogP contribution in [0.5, 0.6) is 17.2 Å². The maximum Gasteiger partial charge on any atom is 0.303 e. The first-order valence-electron chi connectivity index (χ1n) is 13.7. The van der Waals surface area contributed by atoms with Crippen molar-refractivity contribution < 1.29 is 33.7 Å². The SMILES string of the molecule is COc1cc(COc2ccc(-c3ccc(C(=O)N[C@@H](CCC(=O)O)C(=O)NCc4ccccc4)cc3)cc2)cc(OC)c1. The molecule has 9 heteroatoms. The molecule has 0 heterocycles. The molecule has 9 nitrogen and oxygen atoms in total. The number of hydrogen-bond acceptors (Lipinski definition) is 6. The first-order valence-corrected chi connectivity index (χ1v) is 13.7. The fourth-order valence-electron chi connectivity index (χ4n) is 4.36. The Morgan fingerprint density at radius 3 is 1.93 bits per heavy atom. The smallest absolute Gasteiger partial charge is 0.303 e. The summed E-state index contributed by atoms with van der Waals surface area (Å²) in [5.41, 5.74) is 3.99. The lowest BCUT2D eigenvalue weighted by atomic mass is 10.0. The number of amides is 2. The largest absolute Gasteiger partial charge is 0.497 e. The Balaban J connectivity index is 1.35. The highest BCUT2D eigenvalue weighted by Crippen LogP contribution is 2.26. The van der Waals surface area contributed by atoms with E-state index in [1.165, 1.54) is 0 Å². The monoisotopic (exact) mass is 582 g/mol. The predicted molar refractivity (Wildman–Crippen MR) is 162 cm³/mol. The zero-order chi connectivity index (χ0) is 30.6. The zero-order valence-electron chi connectivity index (χ0n) is 24.0. The van der Waals surface area contributed by atoms with Gasteiger partial charge in [0.1, 0.15) is 29.9 Å². The Hall–Kier alpha value is -5.31. The van der Waals surface area contributed by atoms with Crippen molar-refractivity contribution in [3.05, 3.63) is 114 Å². The number of benzene rings is 4. The summed E-state index contributed by atoms with van der Waals surface area (Å²) in [6.07, 6.45) is -0.282. The molecule has 0 aliphatic rings. The van der Waals surface area contributed by atoms with Gasteiger partial charge in [0.25, 0.3) is 5.91 Å². The van der Waals surface area contributed by atoms with Crippen molar-refractivity contribution in [3.63, 3.8) is 0 Å². The number of carbonyl (C=O) groups is 3. The molecule has 43 heavy (non-hydrogen) atoms. The molecule has 0 spiro atoms. The lowest BCUT2D eigenvalue weighted by molar-refractivity contribution is -0.137. The first kappa shape index (κ1) is 30.6. The lowest BCUT2D eigenvalue weighted by Crippen LogP contribution is -2.46. The van der Waals surface area contributed by atoms with Gasteiger partial charge in [-0.15, -0.1) is 0 Å². The molecule has 2 amide bonds. The van der Waals surface area contributed by atoms with Crippen LogP contribution in [0.2, 0.25) is 0 Å². The fourth-order valence-corrected chi connectivity index (χ4v) is 4.36. The molecule has 0 bridgehead atoms. The van der Waals surface area contributed by atoms with Gasteiger partial charge in [-0.3, -0.25) is 14.4 Å². The number of methoxy groups -OCH3 is 2. The van der Waals surface area contributed by atoms with Crippen LogP contribution in [-0.2, 0) is 22.7 Å². The second-order valence-electron chi connectivity index (χ2n) is 9.77. The molecule has 0 saturated heterocycles. The number of nitrogens with one attached hydrogen (secondary N) is 2. The van der Waals surface area contributed by atoms with Crippen molar-refractivity contribution in [1.29, 1.82) is 0 Å². The number of carboxylic acids is 1. The van der Waals surface area contributed by atoms with Crippen molar-refractivity contribution in [2.24, 2.45) is 0 Å². The topological polar surface area (TPSA) is 123 Å². The number of carboxylic acid groups (broad SMARTS) is 1. The van der Waals surface area contributed by atoms with Gasteiger partial charge in [0.2, 0.25) is 5.91 Å². The first-order chi connectivity index (χ1) is 20.8. The molecule has 0 aliphatic heterocycles. The van der Waals surface area contributed by atoms with E-state index in [2.05, 4.69) is 10.6 Å². The van der Waals surface area contributed by atoms with Gasteiger partial charge >= 0.3 is 5.97 Å². The van der Waals surface area contributed by atoms with Crippen molar-refractivity contribution in [3.8, 4) is 28.4 Å². The van der Waals surface area contributed by atoms with Gasteiger partial charge in [-0.05, 0) is 65.1 Å². The van der Waals surface area contributed by atoms with E-state index < -0.39 is 23.8 Å². The van der Waals surface area contributed by atoms with E-state index in [0.29, 0.717) is 29.4 Å². The van der Waals surface area contributed by atoms with Crippen molar-refractivity contribution in [2.45, 2.75) is 32.0 Å². The Morgan fingerprint density at radius 2 is 1.35 bits per heavy atom. The molecule has 1 atom stereocenters. The molecule has 0 radical (unpaired) electrons. The van der Waals surface area contributed by atoms with Crippen LogP contribution in [-0.4, -0.2) is 43.2 Å². The summed E-state index contributed by atoms with van der Waals surface area (Å²) < 4.78 is 16.6. The molecule has 4 aromatic rings. The quantitative estimate of drug-likeness (QED) is 0.186. The summed E-state index contributed by atoms with van der Waals surface area (Å²) in [6.45, 7) is 0.613. The molecule has 4 aromatic carbocycles. The maximum atomic E-state index is 13.0. The highest BCUT2D eigenvalue weighted by molar-refractivity contribution is 5.98. The molecule has 0 fully saturated rings. The van der Waals surface area contributed by atoms with Gasteiger partial charge in [0, 0.05) is 24.6 Å². The minimum Gasteiger partial charge on any atom is -0.497 e. The van der Waals surface area contributed by atoms with E-state index in [1.807, 2.05) is 78.9 Å². The standard InChI is InChI=1S/C34H34N2O7/c1-41-29-18-24(19-30(20-29)42-2)22-43-28-14-12-26(13-15-28)25-8-10-27(11-9-25)33(39)36-31(16-17-32(37)38)34(40)35-21-23-6-4-3-5-7-23/h3-15,18-20,31H,16-17,21-22H2,1-2H3,(H,35,40)(H,36,39)(H,37,38)/t31-/m0/s1. The minimum atomic E-state index is -1.04. The van der Waals surface area contributed by atoms with E-state index in [0.717, 1.165) is 22.3 Å². The number of hydrogen-bond donors (Lipinski definition) is 3. The van der Waals surface area contributed by atoms with E-state index in [9.17, 15) is 14.4 Å². The van der Waals surface area contributed by atoms with Gasteiger partial charge in [0.15, 0.2) is 0 Å². The van der Waals surface area contributed by atoms with E-state index >= 15 is 0 Å². The van der Waals surface area contributed by atoms with Crippen LogP contribution >= 0.6 is 0 Å². The predicted octanol–water partition coefficient (Wildman–Crippen LogP) is 5.23. The fraction of sp³-hybridized carbons (Fsp3) is 0.206. The van der Waals surface area contributed by atoms with Crippen LogP contribution < -0.4 is 24.8 Å². The van der Waals surface area contributed by atoms with Gasteiger partial charge in [-0.2, -0.15) is 0 Å². The molecule has 3 N–H and O–H groups in total. The second kappa shape index (κ2) is 15.1. The summed E-state index contributed by atoms with van der Waals surface area (Å²) in [5, 5.41) is 14.6. The highest BCUT2D eigenvalue weighted by Gasteiger charge is 2.22. The highest BCUT2D eigenvalue weighted by atomic mass is 16.5. The number of ether oxygens (including phenoxy) is 3. The average Bonchev–Trinajstić information content (AvgIpc) is 3.05. The van der Waals surface area contributed by atoms with Crippen LogP contribution in [0.1, 0.15) is 34.3 Å². The summed E-state index contributed by atoms with van der Waals surface area (Å²) in [7, 11) is 3.20. The molecule has 0 saturated carbocycles. The molecule has 0 aromatic heterocycles. The van der Waals surface area contributed by atoms with Crippen LogP contribution in [0, 0.1) is 0 Å². The van der Waals surface area contributed by atoms with Crippen molar-refractivity contribution in [2.75, 3.05) is 14.2 Å². The molecule has 222 valence electrons. The van der Waals surface area contributed by atoms with Gasteiger partial charge in [-0.25, -0.2) is 0 Å². The number of rotatable bonds is 14. The lowest BCUT2D eigenvalue weighted by Gasteiger charge is -2.18. The number of aliphatic carboxylic acids is 1. The minimum absolute atomic E-state index is 0.0282. The average molecular weight is 583 g/mol. The molecule has 0 aliphatic carbocycles. The molecular formula is C34H34N2O7. The Morgan fingerprint density at radius 1 is 0.744 bits per heavy atom. The maximum absolute atomic E-state index is 13.0. The van der Waals surface area contributed by atoms with Gasteiger partial charge in [-0.1, -0.05) is 54.6 Å². The molecular weight excluding hydrogens is 548 g/mol. The van der Waals surface area contributed by atoms with Gasteiger partial charge < -0.3 is 30.0 Å². The third kappa shape index (κ3) is 9.09. The van der Waals surface area contributed by atoms with E-state index in [-0.39, 0.29) is 19.4 Å². The third-order valence-corrected chi connectivity index (χ3v) is 6.73. The zero-order valence-corrected chi connectivity index (χ0v) is 24.0. The Labute approximate surface area is 250 Å². The van der Waals surface area contributed by atoms with Crippen molar-refractivity contribution in [1.82, 2.24) is 10.6 Å². The van der Waals surface area contributed by atoms with Crippen LogP contribution in [0.25, 0.3) is 11.1 Å². The van der Waals surface area contributed by atoms with Crippen LogP contribution in [0.3, 0.4) is 0 Å². The summed E-state index contributed by atoms with van der Waals surface area (Å²) >= 11 is 0. The molecule has 4 rings (SSSR count). The van der Waals surface area contributed by atoms with Gasteiger partial charge in [0.05, 0.1) is 14.2 Å². The second-order valence-corrected chi connectivity index (χ2v) is 9.77. The Bertz CT molecular complexity index is 1500. The summed E-state index contributed by atoms with van der Waals surface area (Å²) in [6, 6.07) is 28.5. The molecule has 0 unspecified atom stereocenters. The third-order valence-electron chi connectivity index (χ3n) is 6.73. The van der Waals surface area contributed by atoms with Crippen molar-refractivity contribution >= 4 is 17.8 Å².